The lowest BCUT2D eigenvalue weighted by Gasteiger charge is -2.15. The van der Waals surface area contributed by atoms with Crippen LogP contribution < -0.4 is 10.5 Å². The van der Waals surface area contributed by atoms with Crippen LogP contribution in [0.5, 0.6) is 0 Å². The van der Waals surface area contributed by atoms with Gasteiger partial charge in [0.25, 0.3) is 5.91 Å². The number of carbonyl (C=O) groups excluding carboxylic acids is 1. The summed E-state index contributed by atoms with van der Waals surface area (Å²) in [7, 11) is 5.17. The van der Waals surface area contributed by atoms with Gasteiger partial charge in [-0.15, -0.1) is 0 Å². The van der Waals surface area contributed by atoms with Crippen molar-refractivity contribution in [2.24, 2.45) is 0 Å². The van der Waals surface area contributed by atoms with Crippen LogP contribution in [0.2, 0.25) is 0 Å². The van der Waals surface area contributed by atoms with Gasteiger partial charge >= 0.3 is 0 Å². The molecule has 0 fully saturated rings. The quantitative estimate of drug-likeness (QED) is 0.527. The van der Waals surface area contributed by atoms with Crippen molar-refractivity contribution in [2.75, 3.05) is 11.8 Å². The summed E-state index contributed by atoms with van der Waals surface area (Å²) in [6.07, 6.45) is 1.60. The molecule has 6 heteroatoms. The number of rotatable bonds is 1. The Morgan fingerprint density at radius 2 is 2.58 bits per heavy atom. The molecule has 0 saturated heterocycles. The van der Waals surface area contributed by atoms with E-state index in [0.717, 1.165) is 6.54 Å². The summed E-state index contributed by atoms with van der Waals surface area (Å²) >= 11 is 0. The zero-order chi connectivity index (χ0) is 8.55. The van der Waals surface area contributed by atoms with Crippen molar-refractivity contribution >= 4 is 19.7 Å². The summed E-state index contributed by atoms with van der Waals surface area (Å²) < 4.78 is 1.77. The standard InChI is InChI=1S/C6H7BN4O/c7-10-5-4-6(12)8-1-2-11(4)3-9-5/h3,10H,1-2H2,(H,8,12). The molecule has 2 heterocycles. The summed E-state index contributed by atoms with van der Waals surface area (Å²) in [4.78, 5) is 15.2. The molecular weight excluding hydrogens is 155 g/mol. The van der Waals surface area contributed by atoms with Crippen LogP contribution in [0.4, 0.5) is 5.82 Å². The first-order valence-electron chi connectivity index (χ1n) is 3.63. The lowest BCUT2D eigenvalue weighted by molar-refractivity contribution is 0.0929. The Labute approximate surface area is 70.6 Å². The van der Waals surface area contributed by atoms with Gasteiger partial charge < -0.3 is 15.1 Å². The normalized spacial score (nSPS) is 15.2. The third-order valence-corrected chi connectivity index (χ3v) is 1.83. The molecular formula is C6H7BN4O. The number of hydrogen-bond donors (Lipinski definition) is 2. The molecule has 2 N–H and O–H groups in total. The Morgan fingerprint density at radius 3 is 3.33 bits per heavy atom. The number of fused-ring (bicyclic) bond motifs is 1. The van der Waals surface area contributed by atoms with E-state index in [4.69, 9.17) is 7.98 Å². The van der Waals surface area contributed by atoms with Gasteiger partial charge in [0.05, 0.1) is 6.33 Å². The minimum absolute atomic E-state index is 0.133. The van der Waals surface area contributed by atoms with Crippen LogP contribution in [-0.4, -0.2) is 30.0 Å². The second kappa shape index (κ2) is 2.55. The van der Waals surface area contributed by atoms with Gasteiger partial charge in [-0.2, -0.15) is 0 Å². The Bertz CT molecular complexity index is 308. The van der Waals surface area contributed by atoms with Crippen LogP contribution in [0.1, 0.15) is 10.5 Å². The molecule has 1 aliphatic heterocycles. The fraction of sp³-hybridized carbons (Fsp3) is 0.333. The minimum atomic E-state index is -0.133. The van der Waals surface area contributed by atoms with Crippen LogP contribution >= 0.6 is 0 Å². The summed E-state index contributed by atoms with van der Waals surface area (Å²) in [5.41, 5.74) is 0.503. The maximum atomic E-state index is 11.3. The van der Waals surface area contributed by atoms with Crippen molar-refractivity contribution in [1.82, 2.24) is 14.9 Å². The van der Waals surface area contributed by atoms with Crippen LogP contribution in [0.15, 0.2) is 6.33 Å². The molecule has 5 nitrogen and oxygen atoms in total. The van der Waals surface area contributed by atoms with E-state index in [1.165, 1.54) is 0 Å². The maximum absolute atomic E-state index is 11.3. The van der Waals surface area contributed by atoms with Gasteiger partial charge in [0.1, 0.15) is 11.5 Å². The van der Waals surface area contributed by atoms with Crippen LogP contribution in [0.3, 0.4) is 0 Å². The number of nitrogens with one attached hydrogen (secondary N) is 2. The number of anilines is 1. The van der Waals surface area contributed by atoms with Crippen LogP contribution in [0.25, 0.3) is 0 Å². The fourth-order valence-corrected chi connectivity index (χ4v) is 1.27. The molecule has 2 radical (unpaired) electrons. The molecule has 1 amide bonds. The Morgan fingerprint density at radius 1 is 1.75 bits per heavy atom. The molecule has 12 heavy (non-hydrogen) atoms. The van der Waals surface area contributed by atoms with Gasteiger partial charge in [-0.3, -0.25) is 4.79 Å². The van der Waals surface area contributed by atoms with Crippen LogP contribution in [0, 0.1) is 0 Å². The second-order valence-electron chi connectivity index (χ2n) is 2.54. The molecule has 0 spiro atoms. The van der Waals surface area contributed by atoms with Crippen molar-refractivity contribution in [3.8, 4) is 0 Å². The topological polar surface area (TPSA) is 59.0 Å². The zero-order valence-electron chi connectivity index (χ0n) is 6.37. The van der Waals surface area contributed by atoms with E-state index in [2.05, 4.69) is 15.5 Å². The van der Waals surface area contributed by atoms with Gasteiger partial charge in [-0.05, 0) is 0 Å². The van der Waals surface area contributed by atoms with Gasteiger partial charge in [-0.1, -0.05) is 0 Å². The first kappa shape index (κ1) is 7.21. The van der Waals surface area contributed by atoms with Crippen LogP contribution in [-0.2, 0) is 6.54 Å². The number of amides is 1. The lowest BCUT2D eigenvalue weighted by Crippen LogP contribution is -2.35. The molecule has 0 aliphatic carbocycles. The molecule has 0 bridgehead atoms. The smallest absolute Gasteiger partial charge is 0.271 e. The van der Waals surface area contributed by atoms with Gasteiger partial charge in [0.2, 0.25) is 7.98 Å². The predicted octanol–water partition coefficient (Wildman–Crippen LogP) is -0.878. The summed E-state index contributed by atoms with van der Waals surface area (Å²) in [5.74, 6) is 0.291. The fourth-order valence-electron chi connectivity index (χ4n) is 1.27. The summed E-state index contributed by atoms with van der Waals surface area (Å²) in [6.45, 7) is 1.39. The van der Waals surface area contributed by atoms with Crippen molar-refractivity contribution < 1.29 is 4.79 Å². The molecule has 1 aromatic heterocycles. The average molecular weight is 162 g/mol. The van der Waals surface area contributed by atoms with Crippen molar-refractivity contribution in [3.05, 3.63) is 12.0 Å². The highest BCUT2D eigenvalue weighted by Gasteiger charge is 2.20. The molecule has 0 atom stereocenters. The predicted molar refractivity (Wildman–Crippen MR) is 43.9 cm³/mol. The number of nitrogens with zero attached hydrogens (tertiary/aromatic N) is 2. The number of hydrogen-bond acceptors (Lipinski definition) is 3. The number of imidazole rings is 1. The van der Waals surface area contributed by atoms with E-state index in [1.54, 1.807) is 10.9 Å². The molecule has 1 aliphatic rings. The van der Waals surface area contributed by atoms with Crippen molar-refractivity contribution in [1.29, 1.82) is 0 Å². The van der Waals surface area contributed by atoms with E-state index in [-0.39, 0.29) is 5.91 Å². The first-order chi connectivity index (χ1) is 5.83. The van der Waals surface area contributed by atoms with Gasteiger partial charge in [0, 0.05) is 13.1 Å². The van der Waals surface area contributed by atoms with Gasteiger partial charge in [-0.25, -0.2) is 4.98 Å². The molecule has 60 valence electrons. The van der Waals surface area contributed by atoms with E-state index in [1.807, 2.05) is 0 Å². The van der Waals surface area contributed by atoms with Gasteiger partial charge in [0.15, 0.2) is 0 Å². The third kappa shape index (κ3) is 0.877. The molecule has 0 saturated carbocycles. The SMILES string of the molecule is [B]Nc1ncn2c1C(=O)NCC2. The zero-order valence-corrected chi connectivity index (χ0v) is 6.37. The number of carbonyl (C=O) groups is 1. The lowest BCUT2D eigenvalue weighted by atomic mass is 10.3. The first-order valence-corrected chi connectivity index (χ1v) is 3.63. The molecule has 0 unspecified atom stereocenters. The molecule has 1 aromatic rings. The maximum Gasteiger partial charge on any atom is 0.271 e. The summed E-state index contributed by atoms with van der Waals surface area (Å²) in [5, 5.41) is 5.08. The van der Waals surface area contributed by atoms with Crippen molar-refractivity contribution in [2.45, 2.75) is 6.54 Å². The van der Waals surface area contributed by atoms with E-state index < -0.39 is 0 Å². The number of aromatic nitrogens is 2. The Hall–Kier alpha value is -1.46. The van der Waals surface area contributed by atoms with Crippen molar-refractivity contribution in [3.63, 3.8) is 0 Å². The highest BCUT2D eigenvalue weighted by Crippen LogP contribution is 2.14. The third-order valence-electron chi connectivity index (χ3n) is 1.83. The molecule has 2 rings (SSSR count). The minimum Gasteiger partial charge on any atom is -0.421 e. The summed E-state index contributed by atoms with van der Waals surface area (Å²) in [6, 6.07) is 0. The second-order valence-corrected chi connectivity index (χ2v) is 2.54. The average Bonchev–Trinajstić information content (AvgIpc) is 2.49. The van der Waals surface area contributed by atoms with E-state index in [9.17, 15) is 4.79 Å². The van der Waals surface area contributed by atoms with E-state index in [0.29, 0.717) is 18.1 Å². The monoisotopic (exact) mass is 162 g/mol. The highest BCUT2D eigenvalue weighted by molar-refractivity contribution is 6.17. The highest BCUT2D eigenvalue weighted by atomic mass is 16.2. The Kier molecular flexibility index (Phi) is 1.53. The largest absolute Gasteiger partial charge is 0.421 e. The van der Waals surface area contributed by atoms with E-state index >= 15 is 0 Å². The molecule has 0 aromatic carbocycles. The Balaban J connectivity index is 2.50.